The highest BCUT2D eigenvalue weighted by Crippen LogP contribution is 2.37. The van der Waals surface area contributed by atoms with E-state index in [1.807, 2.05) is 35.9 Å². The number of methoxy groups -OCH3 is 1. The lowest BCUT2D eigenvalue weighted by Crippen LogP contribution is -1.96. The molecule has 8 heteroatoms. The van der Waals surface area contributed by atoms with E-state index >= 15 is 0 Å². The van der Waals surface area contributed by atoms with Crippen LogP contribution in [0.5, 0.6) is 11.5 Å². The van der Waals surface area contributed by atoms with Gasteiger partial charge < -0.3 is 14.0 Å². The summed E-state index contributed by atoms with van der Waals surface area (Å²) in [4.78, 5) is 4.32. The summed E-state index contributed by atoms with van der Waals surface area (Å²) in [5.74, 6) is 2.02. The van der Waals surface area contributed by atoms with E-state index in [0.29, 0.717) is 29.0 Å². The van der Waals surface area contributed by atoms with Crippen molar-refractivity contribution >= 4 is 50.0 Å². The average molecular weight is 442 g/mol. The normalized spacial score (nSPS) is 11.6. The lowest BCUT2D eigenvalue weighted by Gasteiger charge is -2.12. The zero-order valence-corrected chi connectivity index (χ0v) is 16.6. The van der Waals surface area contributed by atoms with Crippen LogP contribution in [0.15, 0.2) is 38.0 Å². The Morgan fingerprint density at radius 3 is 2.96 bits per heavy atom. The SMILES string of the molecule is CCOc1cc(C=C(Cl)c2nc(-c3ccsc3)no2)cc(Br)c1OC. The Balaban J connectivity index is 1.92. The number of rotatable bonds is 6. The molecule has 2 heterocycles. The summed E-state index contributed by atoms with van der Waals surface area (Å²) in [6, 6.07) is 5.64. The monoisotopic (exact) mass is 440 g/mol. The van der Waals surface area contributed by atoms with Crippen LogP contribution in [0.1, 0.15) is 18.4 Å². The van der Waals surface area contributed by atoms with Gasteiger partial charge in [0.25, 0.3) is 5.89 Å². The molecule has 0 unspecified atom stereocenters. The number of thiophene rings is 1. The molecule has 0 amide bonds. The molecule has 0 atom stereocenters. The maximum Gasteiger partial charge on any atom is 0.269 e. The molecule has 3 rings (SSSR count). The largest absolute Gasteiger partial charge is 0.492 e. The number of aromatic nitrogens is 2. The van der Waals surface area contributed by atoms with Gasteiger partial charge in [-0.2, -0.15) is 16.3 Å². The summed E-state index contributed by atoms with van der Waals surface area (Å²) < 4.78 is 17.0. The van der Waals surface area contributed by atoms with Gasteiger partial charge in [0.15, 0.2) is 11.5 Å². The van der Waals surface area contributed by atoms with Gasteiger partial charge in [-0.25, -0.2) is 0 Å². The van der Waals surface area contributed by atoms with Gasteiger partial charge >= 0.3 is 0 Å². The van der Waals surface area contributed by atoms with Crippen molar-refractivity contribution in [1.82, 2.24) is 10.1 Å². The predicted molar refractivity (Wildman–Crippen MR) is 103 cm³/mol. The van der Waals surface area contributed by atoms with Crippen LogP contribution in [-0.2, 0) is 0 Å². The van der Waals surface area contributed by atoms with Crippen LogP contribution < -0.4 is 9.47 Å². The molecule has 0 aliphatic heterocycles. The van der Waals surface area contributed by atoms with Gasteiger partial charge in [0, 0.05) is 10.9 Å². The van der Waals surface area contributed by atoms with Crippen LogP contribution in [0.3, 0.4) is 0 Å². The van der Waals surface area contributed by atoms with Gasteiger partial charge in [-0.3, -0.25) is 0 Å². The molecular formula is C17H14BrClN2O3S. The smallest absolute Gasteiger partial charge is 0.269 e. The highest BCUT2D eigenvalue weighted by atomic mass is 79.9. The summed E-state index contributed by atoms with van der Waals surface area (Å²) in [7, 11) is 1.59. The highest BCUT2D eigenvalue weighted by Gasteiger charge is 2.14. The maximum atomic E-state index is 6.35. The first-order valence-corrected chi connectivity index (χ1v) is 9.48. The fourth-order valence-electron chi connectivity index (χ4n) is 2.17. The standard InChI is InChI=1S/C17H14BrClN2O3S/c1-3-23-14-8-10(6-12(18)15(14)22-2)7-13(19)17-20-16(21-24-17)11-4-5-25-9-11/h4-9H,3H2,1-2H3. The van der Waals surface area contributed by atoms with E-state index in [-0.39, 0.29) is 5.89 Å². The molecule has 1 aromatic carbocycles. The summed E-state index contributed by atoms with van der Waals surface area (Å²) in [5.41, 5.74) is 1.71. The molecule has 0 spiro atoms. The molecule has 0 N–H and O–H groups in total. The summed E-state index contributed by atoms with van der Waals surface area (Å²) in [6.07, 6.45) is 1.74. The number of nitrogens with zero attached hydrogens (tertiary/aromatic N) is 2. The number of hydrogen-bond acceptors (Lipinski definition) is 6. The van der Waals surface area contributed by atoms with Crippen LogP contribution in [-0.4, -0.2) is 23.9 Å². The lowest BCUT2D eigenvalue weighted by molar-refractivity contribution is 0.310. The topological polar surface area (TPSA) is 57.4 Å². The average Bonchev–Trinajstić information content (AvgIpc) is 3.26. The summed E-state index contributed by atoms with van der Waals surface area (Å²) >= 11 is 11.4. The van der Waals surface area contributed by atoms with E-state index < -0.39 is 0 Å². The summed E-state index contributed by atoms with van der Waals surface area (Å²) in [5, 5.41) is 8.19. The molecule has 130 valence electrons. The van der Waals surface area contributed by atoms with E-state index in [4.69, 9.17) is 25.6 Å². The molecule has 0 saturated carbocycles. The Morgan fingerprint density at radius 1 is 1.44 bits per heavy atom. The summed E-state index contributed by atoms with van der Waals surface area (Å²) in [6.45, 7) is 2.44. The number of ether oxygens (including phenoxy) is 2. The molecule has 2 aromatic heterocycles. The molecule has 0 aliphatic rings. The second kappa shape index (κ2) is 8.03. The van der Waals surface area contributed by atoms with Crippen molar-refractivity contribution in [3.8, 4) is 22.9 Å². The van der Waals surface area contributed by atoms with E-state index in [1.165, 1.54) is 0 Å². The van der Waals surface area contributed by atoms with Crippen LogP contribution in [0.2, 0.25) is 0 Å². The van der Waals surface area contributed by atoms with E-state index in [2.05, 4.69) is 26.1 Å². The van der Waals surface area contributed by atoms with Crippen molar-refractivity contribution in [3.05, 3.63) is 44.9 Å². The van der Waals surface area contributed by atoms with Crippen molar-refractivity contribution in [2.24, 2.45) is 0 Å². The molecule has 5 nitrogen and oxygen atoms in total. The zero-order chi connectivity index (χ0) is 17.8. The molecule has 0 saturated heterocycles. The van der Waals surface area contributed by atoms with E-state index in [9.17, 15) is 0 Å². The number of halogens is 2. The third-order valence-electron chi connectivity index (χ3n) is 3.24. The van der Waals surface area contributed by atoms with E-state index in [1.54, 1.807) is 24.5 Å². The molecule has 0 bridgehead atoms. The van der Waals surface area contributed by atoms with Crippen LogP contribution >= 0.6 is 38.9 Å². The van der Waals surface area contributed by atoms with Crippen LogP contribution in [0, 0.1) is 0 Å². The van der Waals surface area contributed by atoms with Gasteiger partial charge in [-0.1, -0.05) is 16.8 Å². The van der Waals surface area contributed by atoms with Gasteiger partial charge in [-0.05, 0) is 58.1 Å². The van der Waals surface area contributed by atoms with Crippen LogP contribution in [0.4, 0.5) is 0 Å². The van der Waals surface area contributed by atoms with Gasteiger partial charge in [0.05, 0.1) is 18.2 Å². The molecule has 3 aromatic rings. The lowest BCUT2D eigenvalue weighted by atomic mass is 10.2. The minimum atomic E-state index is 0.257. The fraction of sp³-hybridized carbons (Fsp3) is 0.176. The molecule has 25 heavy (non-hydrogen) atoms. The number of benzene rings is 1. The van der Waals surface area contributed by atoms with Gasteiger partial charge in [-0.15, -0.1) is 0 Å². The minimum Gasteiger partial charge on any atom is -0.492 e. The number of hydrogen-bond donors (Lipinski definition) is 0. The molecule has 0 fully saturated rings. The van der Waals surface area contributed by atoms with Crippen molar-refractivity contribution in [2.45, 2.75) is 6.92 Å². The fourth-order valence-corrected chi connectivity index (χ4v) is 3.63. The Labute approximate surface area is 162 Å². The highest BCUT2D eigenvalue weighted by molar-refractivity contribution is 9.10. The molecular weight excluding hydrogens is 428 g/mol. The predicted octanol–water partition coefficient (Wildman–Crippen LogP) is 5.70. The van der Waals surface area contributed by atoms with Crippen molar-refractivity contribution < 1.29 is 14.0 Å². The maximum absolute atomic E-state index is 6.35. The third-order valence-corrected chi connectivity index (χ3v) is 4.78. The van der Waals surface area contributed by atoms with E-state index in [0.717, 1.165) is 15.6 Å². The van der Waals surface area contributed by atoms with Gasteiger partial charge in [0.2, 0.25) is 5.82 Å². The quantitative estimate of drug-likeness (QED) is 0.491. The van der Waals surface area contributed by atoms with Crippen LogP contribution in [0.25, 0.3) is 22.5 Å². The molecule has 0 aliphatic carbocycles. The molecule has 0 radical (unpaired) electrons. The first-order valence-electron chi connectivity index (χ1n) is 7.36. The van der Waals surface area contributed by atoms with Crippen molar-refractivity contribution in [1.29, 1.82) is 0 Å². The zero-order valence-electron chi connectivity index (χ0n) is 13.5. The first kappa shape index (κ1) is 18.0. The minimum absolute atomic E-state index is 0.257. The van der Waals surface area contributed by atoms with Gasteiger partial charge in [0.1, 0.15) is 5.03 Å². The Hall–Kier alpha value is -1.83. The second-order valence-electron chi connectivity index (χ2n) is 4.89. The Bertz CT molecular complexity index is 893. The Morgan fingerprint density at radius 2 is 2.28 bits per heavy atom. The van der Waals surface area contributed by atoms with Crippen molar-refractivity contribution in [2.75, 3.05) is 13.7 Å². The third kappa shape index (κ3) is 4.05. The van der Waals surface area contributed by atoms with Crippen molar-refractivity contribution in [3.63, 3.8) is 0 Å². The second-order valence-corrected chi connectivity index (χ2v) is 6.94. The Kier molecular flexibility index (Phi) is 5.78. The first-order chi connectivity index (χ1) is 12.1.